The molecule has 3 aromatic carbocycles. The Hall–Kier alpha value is -2.34. The first-order valence-electron chi connectivity index (χ1n) is 10.7. The third-order valence-electron chi connectivity index (χ3n) is 5.34. The fourth-order valence-electron chi connectivity index (χ4n) is 3.90. The normalized spacial score (nSPS) is 17.9. The first-order valence-corrected chi connectivity index (χ1v) is 11.6. The van der Waals surface area contributed by atoms with E-state index in [4.69, 9.17) is 9.47 Å². The lowest BCUT2D eigenvalue weighted by Gasteiger charge is -2.37. The highest BCUT2D eigenvalue weighted by atomic mass is 32.2. The van der Waals surface area contributed by atoms with Gasteiger partial charge in [-0.25, -0.2) is 4.39 Å². The van der Waals surface area contributed by atoms with E-state index in [2.05, 4.69) is 35.2 Å². The quantitative estimate of drug-likeness (QED) is 0.406. The molecule has 31 heavy (non-hydrogen) atoms. The van der Waals surface area contributed by atoms with Crippen LogP contribution in [0.4, 0.5) is 4.39 Å². The number of morpholine rings is 1. The molecule has 1 fully saturated rings. The number of hydrogen-bond acceptors (Lipinski definition) is 4. The van der Waals surface area contributed by atoms with Gasteiger partial charge in [0, 0.05) is 19.6 Å². The summed E-state index contributed by atoms with van der Waals surface area (Å²) in [6.45, 7) is 5.82. The lowest BCUT2D eigenvalue weighted by atomic mass is 10.1. The molecule has 1 heterocycles. The van der Waals surface area contributed by atoms with Gasteiger partial charge in [-0.1, -0.05) is 54.6 Å². The minimum atomic E-state index is -0.224. The molecule has 0 aromatic heterocycles. The maximum Gasteiger partial charge on any atom is 0.132 e. The summed E-state index contributed by atoms with van der Waals surface area (Å²) < 4.78 is 26.2. The van der Waals surface area contributed by atoms with E-state index in [0.29, 0.717) is 13.2 Å². The third kappa shape index (κ3) is 5.88. The molecule has 3 nitrogen and oxygen atoms in total. The third-order valence-corrected chi connectivity index (χ3v) is 6.77. The van der Waals surface area contributed by atoms with Crippen LogP contribution in [0.15, 0.2) is 83.8 Å². The summed E-state index contributed by atoms with van der Waals surface area (Å²) in [6.07, 6.45) is -0.0565. The molecule has 2 atom stereocenters. The van der Waals surface area contributed by atoms with Crippen LogP contribution in [0.1, 0.15) is 23.3 Å². The van der Waals surface area contributed by atoms with E-state index < -0.39 is 0 Å². The fourth-order valence-corrected chi connectivity index (χ4v) is 5.17. The van der Waals surface area contributed by atoms with Crippen molar-refractivity contribution < 1.29 is 13.9 Å². The molecule has 1 aliphatic rings. The molecule has 0 amide bonds. The molecule has 0 bridgehead atoms. The summed E-state index contributed by atoms with van der Waals surface area (Å²) in [7, 11) is 0. The van der Waals surface area contributed by atoms with Gasteiger partial charge in [-0.15, -0.1) is 11.8 Å². The van der Waals surface area contributed by atoms with Crippen molar-refractivity contribution in [2.24, 2.45) is 0 Å². The number of ether oxygens (including phenoxy) is 2. The van der Waals surface area contributed by atoms with Gasteiger partial charge in [0.2, 0.25) is 0 Å². The molecule has 0 aliphatic carbocycles. The Balaban J connectivity index is 1.58. The lowest BCUT2D eigenvalue weighted by Crippen LogP contribution is -2.44. The summed E-state index contributed by atoms with van der Waals surface area (Å²) in [5, 5.41) is -0.0455. The zero-order valence-electron chi connectivity index (χ0n) is 17.7. The smallest absolute Gasteiger partial charge is 0.132 e. The predicted octanol–water partition coefficient (Wildman–Crippen LogP) is 5.96. The molecule has 1 aliphatic heterocycles. The van der Waals surface area contributed by atoms with Crippen molar-refractivity contribution >= 4 is 11.8 Å². The van der Waals surface area contributed by atoms with E-state index in [1.54, 1.807) is 23.9 Å². The Morgan fingerprint density at radius 2 is 1.87 bits per heavy atom. The Morgan fingerprint density at radius 1 is 1.06 bits per heavy atom. The second-order valence-corrected chi connectivity index (χ2v) is 8.79. The molecular formula is C26H28FNO2S. The second-order valence-electron chi connectivity index (χ2n) is 7.60. The molecule has 5 heteroatoms. The Labute approximate surface area is 188 Å². The summed E-state index contributed by atoms with van der Waals surface area (Å²) in [4.78, 5) is 3.47. The van der Waals surface area contributed by atoms with Gasteiger partial charge in [0.05, 0.1) is 29.5 Å². The summed E-state index contributed by atoms with van der Waals surface area (Å²) in [5.41, 5.74) is 2.22. The molecule has 4 rings (SSSR count). The van der Waals surface area contributed by atoms with Crippen molar-refractivity contribution in [1.82, 2.24) is 4.90 Å². The van der Waals surface area contributed by atoms with Crippen LogP contribution in [-0.2, 0) is 11.3 Å². The number of para-hydroxylation sites is 1. The Kier molecular flexibility index (Phi) is 7.62. The van der Waals surface area contributed by atoms with Crippen molar-refractivity contribution in [3.63, 3.8) is 0 Å². The number of nitrogens with zero attached hydrogens (tertiary/aromatic N) is 1. The predicted molar refractivity (Wildman–Crippen MR) is 124 cm³/mol. The Bertz CT molecular complexity index is 968. The van der Waals surface area contributed by atoms with Crippen molar-refractivity contribution in [3.8, 4) is 5.75 Å². The molecule has 0 spiro atoms. The number of thioether (sulfide) groups is 1. The Morgan fingerprint density at radius 3 is 2.68 bits per heavy atom. The molecule has 1 saturated heterocycles. The average Bonchev–Trinajstić information content (AvgIpc) is 2.79. The van der Waals surface area contributed by atoms with Gasteiger partial charge >= 0.3 is 0 Å². The zero-order chi connectivity index (χ0) is 21.5. The molecule has 0 N–H and O–H groups in total. The second kappa shape index (κ2) is 10.8. The summed E-state index contributed by atoms with van der Waals surface area (Å²) in [5.74, 6) is 0.631. The number of hydrogen-bond donors (Lipinski definition) is 0. The fraction of sp³-hybridized carbons (Fsp3) is 0.308. The molecule has 3 aromatic rings. The van der Waals surface area contributed by atoms with E-state index in [1.807, 2.05) is 37.3 Å². The zero-order valence-corrected chi connectivity index (χ0v) is 18.6. The molecule has 0 unspecified atom stereocenters. The van der Waals surface area contributed by atoms with E-state index >= 15 is 0 Å². The highest BCUT2D eigenvalue weighted by Gasteiger charge is 2.31. The van der Waals surface area contributed by atoms with Crippen LogP contribution in [0.25, 0.3) is 0 Å². The minimum Gasteiger partial charge on any atom is -0.493 e. The molecule has 162 valence electrons. The van der Waals surface area contributed by atoms with Crippen molar-refractivity contribution in [3.05, 3.63) is 95.8 Å². The number of rotatable bonds is 8. The van der Waals surface area contributed by atoms with Crippen molar-refractivity contribution in [1.29, 1.82) is 0 Å². The maximum atomic E-state index is 14.1. The monoisotopic (exact) mass is 437 g/mol. The van der Waals surface area contributed by atoms with Crippen LogP contribution in [-0.4, -0.2) is 37.3 Å². The standard InChI is InChI=1S/C26H28FNO2S/c1-2-29-23-13-6-7-14-25(23)31-26(21-11-8-12-22(27)17-21)24-19-28(15-16-30-24)18-20-9-4-3-5-10-20/h3-14,17,24,26H,2,15-16,18-19H2,1H3/t24-,26-/m1/s1. The first kappa shape index (κ1) is 21.9. The molecule has 0 saturated carbocycles. The number of benzene rings is 3. The van der Waals surface area contributed by atoms with Gasteiger partial charge in [-0.3, -0.25) is 4.90 Å². The van der Waals surface area contributed by atoms with Crippen LogP contribution in [0.5, 0.6) is 5.75 Å². The van der Waals surface area contributed by atoms with Gasteiger partial charge in [0.15, 0.2) is 0 Å². The highest BCUT2D eigenvalue weighted by Crippen LogP contribution is 2.43. The van der Waals surface area contributed by atoms with Crippen molar-refractivity contribution in [2.75, 3.05) is 26.3 Å². The average molecular weight is 438 g/mol. The SMILES string of the molecule is CCOc1ccccc1S[C@H](c1cccc(F)c1)[C@H]1CN(Cc2ccccc2)CCO1. The van der Waals surface area contributed by atoms with Gasteiger partial charge in [0.25, 0.3) is 0 Å². The van der Waals surface area contributed by atoms with Gasteiger partial charge in [-0.05, 0) is 42.3 Å². The summed E-state index contributed by atoms with van der Waals surface area (Å²) >= 11 is 1.69. The van der Waals surface area contributed by atoms with E-state index in [-0.39, 0.29) is 17.2 Å². The largest absolute Gasteiger partial charge is 0.493 e. The molecular weight excluding hydrogens is 409 g/mol. The van der Waals surface area contributed by atoms with E-state index in [1.165, 1.54) is 11.6 Å². The van der Waals surface area contributed by atoms with Crippen LogP contribution in [0.3, 0.4) is 0 Å². The molecule has 0 radical (unpaired) electrons. The van der Waals surface area contributed by atoms with Crippen LogP contribution >= 0.6 is 11.8 Å². The topological polar surface area (TPSA) is 21.7 Å². The van der Waals surface area contributed by atoms with Crippen LogP contribution < -0.4 is 4.74 Å². The van der Waals surface area contributed by atoms with Crippen molar-refractivity contribution in [2.45, 2.75) is 29.7 Å². The minimum absolute atomic E-state index is 0.0455. The first-order chi connectivity index (χ1) is 15.2. The van der Waals surface area contributed by atoms with Gasteiger partial charge < -0.3 is 9.47 Å². The van der Waals surface area contributed by atoms with Gasteiger partial charge in [-0.2, -0.15) is 0 Å². The van der Waals surface area contributed by atoms with Gasteiger partial charge in [0.1, 0.15) is 11.6 Å². The number of halogens is 1. The van der Waals surface area contributed by atoms with Crippen LogP contribution in [0, 0.1) is 5.82 Å². The maximum absolute atomic E-state index is 14.1. The van der Waals surface area contributed by atoms with Crippen LogP contribution in [0.2, 0.25) is 0 Å². The van der Waals surface area contributed by atoms with E-state index in [9.17, 15) is 4.39 Å². The summed E-state index contributed by atoms with van der Waals surface area (Å²) in [6, 6.07) is 25.4. The highest BCUT2D eigenvalue weighted by molar-refractivity contribution is 7.99. The lowest BCUT2D eigenvalue weighted by molar-refractivity contribution is -0.0320. The van der Waals surface area contributed by atoms with E-state index in [0.717, 1.165) is 35.8 Å².